The van der Waals surface area contributed by atoms with Crippen molar-refractivity contribution in [2.45, 2.75) is 39.0 Å². The van der Waals surface area contributed by atoms with Crippen LogP contribution in [0.2, 0.25) is 0 Å². The van der Waals surface area contributed by atoms with E-state index in [2.05, 4.69) is 10.6 Å². The summed E-state index contributed by atoms with van der Waals surface area (Å²) in [5.74, 6) is 0.881. The van der Waals surface area contributed by atoms with Gasteiger partial charge < -0.3 is 10.6 Å². The molecule has 1 saturated carbocycles. The Morgan fingerprint density at radius 3 is 2.68 bits per heavy atom. The van der Waals surface area contributed by atoms with Crippen molar-refractivity contribution in [3.05, 3.63) is 29.3 Å². The highest BCUT2D eigenvalue weighted by molar-refractivity contribution is 5.96. The fourth-order valence-electron chi connectivity index (χ4n) is 2.86. The molecule has 0 radical (unpaired) electrons. The molecule has 3 heteroatoms. The van der Waals surface area contributed by atoms with Crippen LogP contribution in [0.5, 0.6) is 0 Å². The Morgan fingerprint density at radius 1 is 1.32 bits per heavy atom. The number of rotatable bonds is 5. The second-order valence-corrected chi connectivity index (χ2v) is 5.47. The number of benzene rings is 1. The molecule has 0 unspecified atom stereocenters. The van der Waals surface area contributed by atoms with Gasteiger partial charge in [0.25, 0.3) is 5.91 Å². The van der Waals surface area contributed by atoms with Gasteiger partial charge in [-0.15, -0.1) is 0 Å². The highest BCUT2D eigenvalue weighted by Gasteiger charge is 2.15. The number of carbonyl (C=O) groups excluding carboxylic acids is 1. The quantitative estimate of drug-likeness (QED) is 0.852. The van der Waals surface area contributed by atoms with Gasteiger partial charge in [-0.2, -0.15) is 0 Å². The zero-order valence-corrected chi connectivity index (χ0v) is 12.0. The molecular weight excluding hydrogens is 236 g/mol. The topological polar surface area (TPSA) is 41.1 Å². The molecule has 19 heavy (non-hydrogen) atoms. The Bertz CT molecular complexity index is 436. The summed E-state index contributed by atoms with van der Waals surface area (Å²) in [5, 5.41) is 6.13. The largest absolute Gasteiger partial charge is 0.388 e. The molecule has 0 aliphatic heterocycles. The summed E-state index contributed by atoms with van der Waals surface area (Å²) in [7, 11) is 1.89. The first-order chi connectivity index (χ1) is 9.20. The molecular formula is C16H24N2O. The normalized spacial score (nSPS) is 15.5. The molecule has 0 saturated heterocycles. The lowest BCUT2D eigenvalue weighted by molar-refractivity contribution is 0.0951. The van der Waals surface area contributed by atoms with Gasteiger partial charge >= 0.3 is 0 Å². The van der Waals surface area contributed by atoms with Crippen LogP contribution >= 0.6 is 0 Å². The zero-order valence-electron chi connectivity index (χ0n) is 12.0. The van der Waals surface area contributed by atoms with E-state index in [-0.39, 0.29) is 5.91 Å². The van der Waals surface area contributed by atoms with E-state index in [1.165, 1.54) is 25.7 Å². The van der Waals surface area contributed by atoms with Crippen LogP contribution in [-0.4, -0.2) is 19.5 Å². The van der Waals surface area contributed by atoms with E-state index >= 15 is 0 Å². The van der Waals surface area contributed by atoms with E-state index in [1.54, 1.807) is 0 Å². The van der Waals surface area contributed by atoms with Gasteiger partial charge in [0.05, 0.1) is 0 Å². The fourth-order valence-corrected chi connectivity index (χ4v) is 2.86. The average molecular weight is 260 g/mol. The van der Waals surface area contributed by atoms with E-state index in [0.717, 1.165) is 35.7 Å². The lowest BCUT2D eigenvalue weighted by atomic mass is 10.0. The van der Waals surface area contributed by atoms with Crippen LogP contribution in [0.1, 0.15) is 48.0 Å². The molecule has 1 aliphatic rings. The molecule has 1 aliphatic carbocycles. The van der Waals surface area contributed by atoms with Gasteiger partial charge in [0.15, 0.2) is 0 Å². The Labute approximate surface area is 115 Å². The fraction of sp³-hybridized carbons (Fsp3) is 0.562. The van der Waals surface area contributed by atoms with E-state index in [9.17, 15) is 4.79 Å². The van der Waals surface area contributed by atoms with Crippen LogP contribution in [0, 0.1) is 12.8 Å². The van der Waals surface area contributed by atoms with Crippen molar-refractivity contribution >= 4 is 11.6 Å². The molecule has 2 rings (SSSR count). The predicted molar refractivity (Wildman–Crippen MR) is 79.6 cm³/mol. The molecule has 0 atom stereocenters. The van der Waals surface area contributed by atoms with Gasteiger partial charge in [0, 0.05) is 24.8 Å². The van der Waals surface area contributed by atoms with Crippen LogP contribution in [0.15, 0.2) is 18.2 Å². The minimum Gasteiger partial charge on any atom is -0.388 e. The van der Waals surface area contributed by atoms with Gasteiger partial charge in [-0.3, -0.25) is 4.79 Å². The number of hydrogen-bond donors (Lipinski definition) is 2. The van der Waals surface area contributed by atoms with Crippen molar-refractivity contribution in [1.29, 1.82) is 0 Å². The van der Waals surface area contributed by atoms with E-state index in [1.807, 2.05) is 32.2 Å². The van der Waals surface area contributed by atoms with Crippen molar-refractivity contribution in [1.82, 2.24) is 5.32 Å². The molecule has 3 nitrogen and oxygen atoms in total. The molecule has 0 spiro atoms. The van der Waals surface area contributed by atoms with Crippen molar-refractivity contribution < 1.29 is 4.79 Å². The summed E-state index contributed by atoms with van der Waals surface area (Å²) in [6.07, 6.45) is 6.53. The Morgan fingerprint density at radius 2 is 2.05 bits per heavy atom. The van der Waals surface area contributed by atoms with Crippen LogP contribution in [0.25, 0.3) is 0 Å². The first-order valence-corrected chi connectivity index (χ1v) is 7.27. The molecule has 1 aromatic carbocycles. The number of hydrogen-bond acceptors (Lipinski definition) is 2. The molecule has 0 bridgehead atoms. The smallest absolute Gasteiger partial charge is 0.251 e. The summed E-state index contributed by atoms with van der Waals surface area (Å²) < 4.78 is 0. The second kappa shape index (κ2) is 6.60. The Balaban J connectivity index is 1.85. The summed E-state index contributed by atoms with van der Waals surface area (Å²) >= 11 is 0. The first-order valence-electron chi connectivity index (χ1n) is 7.27. The van der Waals surface area contributed by atoms with Gasteiger partial charge in [-0.05, 0) is 43.0 Å². The summed E-state index contributed by atoms with van der Waals surface area (Å²) in [5.41, 5.74) is 2.84. The van der Waals surface area contributed by atoms with E-state index in [4.69, 9.17) is 0 Å². The van der Waals surface area contributed by atoms with Crippen molar-refractivity contribution in [2.24, 2.45) is 5.92 Å². The summed E-state index contributed by atoms with van der Waals surface area (Å²) in [6.45, 7) is 2.78. The van der Waals surface area contributed by atoms with Crippen LogP contribution in [-0.2, 0) is 0 Å². The number of aryl methyl sites for hydroxylation is 1. The van der Waals surface area contributed by atoms with Crippen molar-refractivity contribution in [3.8, 4) is 0 Å². The second-order valence-electron chi connectivity index (χ2n) is 5.47. The Kier molecular flexibility index (Phi) is 4.83. The molecule has 0 aromatic heterocycles. The molecule has 1 aromatic rings. The van der Waals surface area contributed by atoms with E-state index < -0.39 is 0 Å². The predicted octanol–water partition coefficient (Wildman–Crippen LogP) is 3.35. The van der Waals surface area contributed by atoms with Crippen LogP contribution < -0.4 is 10.6 Å². The monoisotopic (exact) mass is 260 g/mol. The van der Waals surface area contributed by atoms with Crippen LogP contribution in [0.3, 0.4) is 0 Å². The Hall–Kier alpha value is -1.51. The maximum absolute atomic E-state index is 12.1. The summed E-state index contributed by atoms with van der Waals surface area (Å²) in [4.78, 5) is 12.1. The minimum absolute atomic E-state index is 0.0538. The number of carbonyl (C=O) groups is 1. The SMILES string of the molecule is CNc1ccc(C(=O)NCCC2CCCC2)c(C)c1. The lowest BCUT2D eigenvalue weighted by Gasteiger charge is -2.11. The molecule has 2 N–H and O–H groups in total. The lowest BCUT2D eigenvalue weighted by Crippen LogP contribution is -2.26. The molecule has 1 fully saturated rings. The first kappa shape index (κ1) is 13.9. The zero-order chi connectivity index (χ0) is 13.7. The highest BCUT2D eigenvalue weighted by Crippen LogP contribution is 2.26. The van der Waals surface area contributed by atoms with Gasteiger partial charge in [0.2, 0.25) is 0 Å². The van der Waals surface area contributed by atoms with Gasteiger partial charge in [0.1, 0.15) is 0 Å². The third-order valence-electron chi connectivity index (χ3n) is 4.07. The number of anilines is 1. The molecule has 104 valence electrons. The van der Waals surface area contributed by atoms with Crippen LogP contribution in [0.4, 0.5) is 5.69 Å². The highest BCUT2D eigenvalue weighted by atomic mass is 16.1. The van der Waals surface area contributed by atoms with Crippen molar-refractivity contribution in [2.75, 3.05) is 18.9 Å². The number of amides is 1. The number of nitrogens with one attached hydrogen (secondary N) is 2. The third-order valence-corrected chi connectivity index (χ3v) is 4.07. The standard InChI is InChI=1S/C16H24N2O/c1-12-11-14(17-2)7-8-15(12)16(19)18-10-9-13-5-3-4-6-13/h7-8,11,13,17H,3-6,9-10H2,1-2H3,(H,18,19). The van der Waals surface area contributed by atoms with E-state index in [0.29, 0.717) is 0 Å². The van der Waals surface area contributed by atoms with Gasteiger partial charge in [-0.1, -0.05) is 25.7 Å². The minimum atomic E-state index is 0.0538. The maximum Gasteiger partial charge on any atom is 0.251 e. The summed E-state index contributed by atoms with van der Waals surface area (Å²) in [6, 6.07) is 5.84. The average Bonchev–Trinajstić information content (AvgIpc) is 2.91. The molecule has 0 heterocycles. The van der Waals surface area contributed by atoms with Gasteiger partial charge in [-0.25, -0.2) is 0 Å². The maximum atomic E-state index is 12.1. The third kappa shape index (κ3) is 3.72. The molecule has 1 amide bonds. The van der Waals surface area contributed by atoms with Crippen molar-refractivity contribution in [3.63, 3.8) is 0 Å².